The molecule has 3 rings (SSSR count). The van der Waals surface area contributed by atoms with Crippen molar-refractivity contribution in [2.75, 3.05) is 20.6 Å². The Morgan fingerprint density at radius 2 is 1.61 bits per heavy atom. The minimum absolute atomic E-state index is 0.0678. The van der Waals surface area contributed by atoms with E-state index < -0.39 is 17.7 Å². The van der Waals surface area contributed by atoms with E-state index in [4.69, 9.17) is 4.42 Å². The highest BCUT2D eigenvalue weighted by Crippen LogP contribution is 2.23. The summed E-state index contributed by atoms with van der Waals surface area (Å²) in [7, 11) is 2.95. The minimum Gasteiger partial charge on any atom is -0.451 e. The molecule has 0 bridgehead atoms. The van der Waals surface area contributed by atoms with E-state index in [1.807, 2.05) is 6.07 Å². The number of furan rings is 1. The van der Waals surface area contributed by atoms with Crippen molar-refractivity contribution in [3.05, 3.63) is 71.5 Å². The number of amides is 4. The van der Waals surface area contributed by atoms with Gasteiger partial charge in [-0.3, -0.25) is 19.2 Å². The molecular formula is C22H22N6O5. The lowest BCUT2D eigenvalue weighted by molar-refractivity contribution is -0.119. The van der Waals surface area contributed by atoms with Gasteiger partial charge >= 0.3 is 0 Å². The SMILES string of the molecule is CNC(=O)CNC(=O)c1ccc(-c2cccc(CNC(=O)c3cc(C(=O)NC)ncn3)c2)o1. The van der Waals surface area contributed by atoms with Crippen LogP contribution in [0.25, 0.3) is 11.3 Å². The number of rotatable bonds is 8. The van der Waals surface area contributed by atoms with Crippen LogP contribution in [0.1, 0.15) is 37.1 Å². The zero-order valence-electron chi connectivity index (χ0n) is 18.0. The Labute approximate surface area is 189 Å². The maximum atomic E-state index is 12.4. The average Bonchev–Trinajstić information content (AvgIpc) is 3.36. The maximum absolute atomic E-state index is 12.4. The molecule has 170 valence electrons. The minimum atomic E-state index is -0.505. The molecule has 2 heterocycles. The highest BCUT2D eigenvalue weighted by Gasteiger charge is 2.14. The standard InChI is InChI=1S/C22H22N6O5/c1-23-19(29)11-26-22(32)18-7-6-17(33-18)14-5-3-4-13(8-14)10-25-21(31)16-9-15(20(30)24-2)27-12-28-16/h3-9,12H,10-11H2,1-2H3,(H,23,29)(H,24,30)(H,25,31)(H,26,32). The molecule has 33 heavy (non-hydrogen) atoms. The van der Waals surface area contributed by atoms with Gasteiger partial charge in [0.05, 0.1) is 6.54 Å². The van der Waals surface area contributed by atoms with E-state index in [0.29, 0.717) is 11.3 Å². The Balaban J connectivity index is 1.64. The zero-order valence-corrected chi connectivity index (χ0v) is 18.0. The van der Waals surface area contributed by atoms with Crippen molar-refractivity contribution in [3.63, 3.8) is 0 Å². The van der Waals surface area contributed by atoms with Crippen LogP contribution in [-0.4, -0.2) is 54.2 Å². The summed E-state index contributed by atoms with van der Waals surface area (Å²) < 4.78 is 5.61. The van der Waals surface area contributed by atoms with Crippen molar-refractivity contribution in [1.29, 1.82) is 0 Å². The molecule has 4 N–H and O–H groups in total. The van der Waals surface area contributed by atoms with Gasteiger partial charge in [-0.2, -0.15) is 0 Å². The van der Waals surface area contributed by atoms with Crippen LogP contribution in [0.3, 0.4) is 0 Å². The predicted octanol–water partition coefficient (Wildman–Crippen LogP) is 0.502. The lowest BCUT2D eigenvalue weighted by atomic mass is 10.1. The Bertz CT molecular complexity index is 1190. The van der Waals surface area contributed by atoms with Gasteiger partial charge in [0.1, 0.15) is 23.5 Å². The summed E-state index contributed by atoms with van der Waals surface area (Å²) in [6.45, 7) is 0.0453. The van der Waals surface area contributed by atoms with Crippen LogP contribution < -0.4 is 21.3 Å². The van der Waals surface area contributed by atoms with Crippen molar-refractivity contribution in [2.24, 2.45) is 0 Å². The number of carbonyl (C=O) groups excluding carboxylic acids is 4. The second kappa shape index (κ2) is 10.7. The van der Waals surface area contributed by atoms with E-state index >= 15 is 0 Å². The quantitative estimate of drug-likeness (QED) is 0.389. The van der Waals surface area contributed by atoms with Gasteiger partial charge in [-0.25, -0.2) is 9.97 Å². The number of carbonyl (C=O) groups is 4. The van der Waals surface area contributed by atoms with E-state index in [1.54, 1.807) is 24.3 Å². The topological polar surface area (TPSA) is 155 Å². The van der Waals surface area contributed by atoms with Crippen molar-refractivity contribution in [1.82, 2.24) is 31.2 Å². The molecule has 0 aliphatic rings. The number of benzene rings is 1. The fourth-order valence-corrected chi connectivity index (χ4v) is 2.79. The predicted molar refractivity (Wildman–Crippen MR) is 117 cm³/mol. The largest absolute Gasteiger partial charge is 0.451 e. The van der Waals surface area contributed by atoms with E-state index in [-0.39, 0.29) is 36.1 Å². The highest BCUT2D eigenvalue weighted by molar-refractivity contribution is 5.97. The van der Waals surface area contributed by atoms with E-state index in [2.05, 4.69) is 31.2 Å². The molecule has 3 aromatic rings. The van der Waals surface area contributed by atoms with Gasteiger partial charge in [0, 0.05) is 32.3 Å². The third-order valence-electron chi connectivity index (χ3n) is 4.54. The summed E-state index contributed by atoms with van der Waals surface area (Å²) in [6, 6.07) is 11.7. The molecular weight excluding hydrogens is 428 g/mol. The third kappa shape index (κ3) is 6.00. The van der Waals surface area contributed by atoms with Crippen LogP contribution in [0.4, 0.5) is 0 Å². The van der Waals surface area contributed by atoms with Crippen LogP contribution in [0.15, 0.2) is 53.2 Å². The van der Waals surface area contributed by atoms with Gasteiger partial charge < -0.3 is 25.7 Å². The fraction of sp³-hybridized carbons (Fsp3) is 0.182. The van der Waals surface area contributed by atoms with E-state index in [9.17, 15) is 19.2 Å². The van der Waals surface area contributed by atoms with Gasteiger partial charge in [-0.1, -0.05) is 18.2 Å². The first-order valence-corrected chi connectivity index (χ1v) is 9.91. The first kappa shape index (κ1) is 23.1. The highest BCUT2D eigenvalue weighted by atomic mass is 16.4. The number of likely N-dealkylation sites (N-methyl/N-ethyl adjacent to an activating group) is 1. The number of aromatic nitrogens is 2. The second-order valence-corrected chi connectivity index (χ2v) is 6.77. The lowest BCUT2D eigenvalue weighted by Gasteiger charge is -2.07. The van der Waals surface area contributed by atoms with Crippen LogP contribution >= 0.6 is 0 Å². The zero-order chi connectivity index (χ0) is 23.8. The maximum Gasteiger partial charge on any atom is 0.287 e. The third-order valence-corrected chi connectivity index (χ3v) is 4.54. The molecule has 0 fully saturated rings. The number of nitrogens with zero attached hydrogens (tertiary/aromatic N) is 2. The van der Waals surface area contributed by atoms with Crippen LogP contribution in [-0.2, 0) is 11.3 Å². The van der Waals surface area contributed by atoms with Gasteiger partial charge in [-0.05, 0) is 23.8 Å². The lowest BCUT2D eigenvalue weighted by Crippen LogP contribution is -2.34. The first-order valence-electron chi connectivity index (χ1n) is 9.91. The Hall–Kier alpha value is -4.54. The van der Waals surface area contributed by atoms with Gasteiger partial charge in [0.15, 0.2) is 5.76 Å². The van der Waals surface area contributed by atoms with Gasteiger partial charge in [0.25, 0.3) is 17.7 Å². The molecule has 0 aliphatic heterocycles. The molecule has 0 aliphatic carbocycles. The second-order valence-electron chi connectivity index (χ2n) is 6.77. The van der Waals surface area contributed by atoms with E-state index in [0.717, 1.165) is 11.9 Å². The van der Waals surface area contributed by atoms with Crippen molar-refractivity contribution < 1.29 is 23.6 Å². The molecule has 2 aromatic heterocycles. The molecule has 0 saturated heterocycles. The molecule has 0 atom stereocenters. The molecule has 11 heteroatoms. The Kier molecular flexibility index (Phi) is 7.47. The number of hydrogen-bond donors (Lipinski definition) is 4. The van der Waals surface area contributed by atoms with Crippen LogP contribution in [0, 0.1) is 0 Å². The van der Waals surface area contributed by atoms with Crippen molar-refractivity contribution >= 4 is 23.6 Å². The fourth-order valence-electron chi connectivity index (χ4n) is 2.79. The summed E-state index contributed by atoms with van der Waals surface area (Å²) in [5.41, 5.74) is 1.64. The summed E-state index contributed by atoms with van der Waals surface area (Å²) in [6.07, 6.45) is 1.15. The average molecular weight is 450 g/mol. The molecule has 1 aromatic carbocycles. The summed E-state index contributed by atoms with van der Waals surface area (Å²) in [5.74, 6) is -1.17. The van der Waals surface area contributed by atoms with Gasteiger partial charge in [-0.15, -0.1) is 0 Å². The smallest absolute Gasteiger partial charge is 0.287 e. The molecule has 0 saturated carbocycles. The van der Waals surface area contributed by atoms with Crippen molar-refractivity contribution in [2.45, 2.75) is 6.54 Å². The summed E-state index contributed by atoms with van der Waals surface area (Å²) in [5, 5.41) is 10.1. The number of nitrogens with one attached hydrogen (secondary N) is 4. The van der Waals surface area contributed by atoms with E-state index in [1.165, 1.54) is 26.2 Å². The van der Waals surface area contributed by atoms with Crippen LogP contribution in [0.5, 0.6) is 0 Å². The number of hydrogen-bond acceptors (Lipinski definition) is 7. The normalized spacial score (nSPS) is 10.2. The first-order chi connectivity index (χ1) is 15.9. The molecule has 4 amide bonds. The molecule has 0 unspecified atom stereocenters. The Morgan fingerprint density at radius 3 is 2.33 bits per heavy atom. The Morgan fingerprint density at radius 1 is 0.848 bits per heavy atom. The summed E-state index contributed by atoms with van der Waals surface area (Å²) in [4.78, 5) is 55.2. The van der Waals surface area contributed by atoms with Gasteiger partial charge in [0.2, 0.25) is 5.91 Å². The van der Waals surface area contributed by atoms with Crippen LogP contribution in [0.2, 0.25) is 0 Å². The molecule has 0 radical (unpaired) electrons. The van der Waals surface area contributed by atoms with Crippen molar-refractivity contribution in [3.8, 4) is 11.3 Å². The monoisotopic (exact) mass is 450 g/mol. The summed E-state index contributed by atoms with van der Waals surface area (Å²) >= 11 is 0. The molecule has 0 spiro atoms. The molecule has 11 nitrogen and oxygen atoms in total.